The maximum Gasteiger partial charge on any atom is 0.0678 e. The Morgan fingerprint density at radius 3 is 2.36 bits per heavy atom. The minimum Gasteiger partial charge on any atom is -0.373 e. The summed E-state index contributed by atoms with van der Waals surface area (Å²) in [6, 6.07) is 0.589. The van der Waals surface area contributed by atoms with Crippen molar-refractivity contribution in [1.82, 2.24) is 10.2 Å². The van der Waals surface area contributed by atoms with E-state index < -0.39 is 0 Å². The molecule has 1 rings (SSSR count). The second-order valence-electron chi connectivity index (χ2n) is 4.63. The van der Waals surface area contributed by atoms with Crippen molar-refractivity contribution in [1.29, 1.82) is 0 Å². The summed E-state index contributed by atoms with van der Waals surface area (Å²) in [5.41, 5.74) is 0. The van der Waals surface area contributed by atoms with E-state index >= 15 is 0 Å². The van der Waals surface area contributed by atoms with Crippen molar-refractivity contribution < 1.29 is 4.74 Å². The van der Waals surface area contributed by atoms with Gasteiger partial charge in [-0.1, -0.05) is 13.8 Å². The first-order valence-electron chi connectivity index (χ1n) is 5.69. The highest BCUT2D eigenvalue weighted by atomic mass is 16.5. The highest BCUT2D eigenvalue weighted by Gasteiger charge is 2.21. The molecule has 0 saturated carbocycles. The SMILES string of the molecule is CC(C)NCCN1C[C@@H](C)O[C@@H](C)C1. The number of hydrogen-bond acceptors (Lipinski definition) is 3. The molecule has 0 aromatic heterocycles. The van der Waals surface area contributed by atoms with Crippen molar-refractivity contribution in [2.75, 3.05) is 26.2 Å². The fourth-order valence-electron chi connectivity index (χ4n) is 1.98. The van der Waals surface area contributed by atoms with Crippen LogP contribution in [0.5, 0.6) is 0 Å². The van der Waals surface area contributed by atoms with Crippen molar-refractivity contribution in [3.05, 3.63) is 0 Å². The van der Waals surface area contributed by atoms with Crippen LogP contribution in [0.3, 0.4) is 0 Å². The molecular formula is C11H24N2O. The van der Waals surface area contributed by atoms with E-state index in [2.05, 4.69) is 37.9 Å². The van der Waals surface area contributed by atoms with E-state index in [1.165, 1.54) is 0 Å². The van der Waals surface area contributed by atoms with Gasteiger partial charge in [0.25, 0.3) is 0 Å². The largest absolute Gasteiger partial charge is 0.373 e. The molecule has 0 unspecified atom stereocenters. The zero-order chi connectivity index (χ0) is 10.6. The molecular weight excluding hydrogens is 176 g/mol. The van der Waals surface area contributed by atoms with Crippen LogP contribution in [0, 0.1) is 0 Å². The second kappa shape index (κ2) is 5.69. The summed E-state index contributed by atoms with van der Waals surface area (Å²) in [5.74, 6) is 0. The zero-order valence-electron chi connectivity index (χ0n) is 9.92. The molecule has 14 heavy (non-hydrogen) atoms. The Labute approximate surface area is 87.8 Å². The second-order valence-corrected chi connectivity index (χ2v) is 4.63. The fraction of sp³-hybridized carbons (Fsp3) is 1.00. The van der Waals surface area contributed by atoms with E-state index in [0.717, 1.165) is 26.2 Å². The van der Waals surface area contributed by atoms with E-state index in [9.17, 15) is 0 Å². The molecule has 2 atom stereocenters. The summed E-state index contributed by atoms with van der Waals surface area (Å²) in [6.07, 6.45) is 0.774. The average molecular weight is 200 g/mol. The van der Waals surface area contributed by atoms with E-state index in [-0.39, 0.29) is 0 Å². The van der Waals surface area contributed by atoms with Gasteiger partial charge in [0.15, 0.2) is 0 Å². The van der Waals surface area contributed by atoms with Crippen LogP contribution in [0.15, 0.2) is 0 Å². The van der Waals surface area contributed by atoms with E-state index in [4.69, 9.17) is 4.74 Å². The van der Waals surface area contributed by atoms with Crippen molar-refractivity contribution >= 4 is 0 Å². The smallest absolute Gasteiger partial charge is 0.0678 e. The van der Waals surface area contributed by atoms with Gasteiger partial charge in [-0.2, -0.15) is 0 Å². The Hall–Kier alpha value is -0.120. The Balaban J connectivity index is 2.17. The molecule has 1 fully saturated rings. The third-order valence-electron chi connectivity index (χ3n) is 2.48. The standard InChI is InChI=1S/C11H24N2O/c1-9(2)12-5-6-13-7-10(3)14-11(4)8-13/h9-12H,5-8H2,1-4H3/t10-,11+. The molecule has 0 aromatic rings. The van der Waals surface area contributed by atoms with E-state index in [1.54, 1.807) is 0 Å². The van der Waals surface area contributed by atoms with Gasteiger partial charge in [0.05, 0.1) is 12.2 Å². The minimum absolute atomic E-state index is 0.387. The number of hydrogen-bond donors (Lipinski definition) is 1. The highest BCUT2D eigenvalue weighted by molar-refractivity contribution is 4.73. The molecule has 1 aliphatic rings. The summed E-state index contributed by atoms with van der Waals surface area (Å²) in [6.45, 7) is 13.0. The normalized spacial score (nSPS) is 29.8. The van der Waals surface area contributed by atoms with Gasteiger partial charge in [0.1, 0.15) is 0 Å². The molecule has 0 radical (unpaired) electrons. The Bertz CT molecular complexity index is 151. The van der Waals surface area contributed by atoms with Crippen molar-refractivity contribution in [2.24, 2.45) is 0 Å². The van der Waals surface area contributed by atoms with Crippen LogP contribution in [-0.4, -0.2) is 49.3 Å². The molecule has 1 heterocycles. The zero-order valence-corrected chi connectivity index (χ0v) is 9.92. The predicted octanol–water partition coefficient (Wildman–Crippen LogP) is 1.09. The van der Waals surface area contributed by atoms with Crippen LogP contribution in [0.4, 0.5) is 0 Å². The quantitative estimate of drug-likeness (QED) is 0.735. The van der Waals surface area contributed by atoms with Crippen molar-refractivity contribution in [2.45, 2.75) is 45.9 Å². The van der Waals surface area contributed by atoms with Gasteiger partial charge in [-0.15, -0.1) is 0 Å². The van der Waals surface area contributed by atoms with Crippen LogP contribution in [-0.2, 0) is 4.74 Å². The molecule has 0 spiro atoms. The first kappa shape index (κ1) is 12.0. The van der Waals surface area contributed by atoms with Crippen molar-refractivity contribution in [3.63, 3.8) is 0 Å². The topological polar surface area (TPSA) is 24.5 Å². The van der Waals surface area contributed by atoms with Gasteiger partial charge in [0.2, 0.25) is 0 Å². The summed E-state index contributed by atoms with van der Waals surface area (Å²) < 4.78 is 5.68. The fourth-order valence-corrected chi connectivity index (χ4v) is 1.98. The molecule has 1 aliphatic heterocycles. The first-order chi connectivity index (χ1) is 6.58. The Morgan fingerprint density at radius 1 is 1.29 bits per heavy atom. The lowest BCUT2D eigenvalue weighted by atomic mass is 10.2. The molecule has 1 N–H and O–H groups in total. The van der Waals surface area contributed by atoms with Crippen LogP contribution in [0.2, 0.25) is 0 Å². The van der Waals surface area contributed by atoms with Gasteiger partial charge >= 0.3 is 0 Å². The minimum atomic E-state index is 0.387. The molecule has 3 heteroatoms. The van der Waals surface area contributed by atoms with Gasteiger partial charge < -0.3 is 10.1 Å². The van der Waals surface area contributed by atoms with Gasteiger partial charge in [-0.3, -0.25) is 4.90 Å². The third-order valence-corrected chi connectivity index (χ3v) is 2.48. The molecule has 0 aliphatic carbocycles. The maximum atomic E-state index is 5.68. The monoisotopic (exact) mass is 200 g/mol. The van der Waals surface area contributed by atoms with E-state index in [1.807, 2.05) is 0 Å². The molecule has 84 valence electrons. The van der Waals surface area contributed by atoms with Crippen LogP contribution >= 0.6 is 0 Å². The number of nitrogens with one attached hydrogen (secondary N) is 1. The predicted molar refractivity (Wildman–Crippen MR) is 59.6 cm³/mol. The Morgan fingerprint density at radius 2 is 1.86 bits per heavy atom. The third kappa shape index (κ3) is 4.40. The summed E-state index contributed by atoms with van der Waals surface area (Å²) in [4.78, 5) is 2.48. The van der Waals surface area contributed by atoms with Gasteiger partial charge in [0, 0.05) is 32.2 Å². The number of morpholine rings is 1. The summed E-state index contributed by atoms with van der Waals surface area (Å²) >= 11 is 0. The molecule has 0 bridgehead atoms. The lowest BCUT2D eigenvalue weighted by molar-refractivity contribution is -0.0674. The lowest BCUT2D eigenvalue weighted by Crippen LogP contribution is -2.47. The molecule has 1 saturated heterocycles. The summed E-state index contributed by atoms with van der Waals surface area (Å²) in [5, 5.41) is 3.44. The van der Waals surface area contributed by atoms with E-state index in [0.29, 0.717) is 18.2 Å². The van der Waals surface area contributed by atoms with Crippen LogP contribution in [0.25, 0.3) is 0 Å². The number of nitrogens with zero attached hydrogens (tertiary/aromatic N) is 1. The molecule has 0 aromatic carbocycles. The van der Waals surface area contributed by atoms with Gasteiger partial charge in [-0.05, 0) is 13.8 Å². The molecule has 3 nitrogen and oxygen atoms in total. The Kier molecular flexibility index (Phi) is 4.85. The average Bonchev–Trinajstić information content (AvgIpc) is 2.01. The van der Waals surface area contributed by atoms with Crippen LogP contribution < -0.4 is 5.32 Å². The first-order valence-corrected chi connectivity index (χ1v) is 5.69. The highest BCUT2D eigenvalue weighted by Crippen LogP contribution is 2.09. The summed E-state index contributed by atoms with van der Waals surface area (Å²) in [7, 11) is 0. The number of ether oxygens (including phenoxy) is 1. The van der Waals surface area contributed by atoms with Crippen molar-refractivity contribution in [3.8, 4) is 0 Å². The van der Waals surface area contributed by atoms with Gasteiger partial charge in [-0.25, -0.2) is 0 Å². The lowest BCUT2D eigenvalue weighted by Gasteiger charge is -2.35. The number of rotatable bonds is 4. The van der Waals surface area contributed by atoms with Crippen LogP contribution in [0.1, 0.15) is 27.7 Å². The maximum absolute atomic E-state index is 5.68. The molecule has 0 amide bonds.